The summed E-state index contributed by atoms with van der Waals surface area (Å²) in [5.74, 6) is 2.01. The third kappa shape index (κ3) is 1.23. The van der Waals surface area contributed by atoms with Gasteiger partial charge in [-0.15, -0.1) is 0 Å². The Morgan fingerprint density at radius 1 is 0.722 bits per heavy atom. The van der Waals surface area contributed by atoms with Crippen molar-refractivity contribution in [3.8, 4) is 22.6 Å². The summed E-state index contributed by atoms with van der Waals surface area (Å²) < 4.78 is 11.8. The van der Waals surface area contributed by atoms with Gasteiger partial charge in [0.1, 0.15) is 24.7 Å². The highest BCUT2D eigenvalue weighted by atomic mass is 16.5. The predicted octanol–water partition coefficient (Wildman–Crippen LogP) is 3.76. The Kier molecular flexibility index (Phi) is 1.83. The van der Waals surface area contributed by atoms with Crippen LogP contribution in [-0.2, 0) is 13.2 Å². The van der Waals surface area contributed by atoms with E-state index in [0.717, 1.165) is 11.5 Å². The van der Waals surface area contributed by atoms with Crippen molar-refractivity contribution in [2.45, 2.75) is 27.1 Å². The van der Waals surface area contributed by atoms with E-state index in [1.165, 1.54) is 33.4 Å². The topological polar surface area (TPSA) is 18.5 Å². The molecule has 0 aromatic heterocycles. The fourth-order valence-corrected chi connectivity index (χ4v) is 2.99. The van der Waals surface area contributed by atoms with Crippen molar-refractivity contribution in [2.24, 2.45) is 0 Å². The molecule has 2 aliphatic heterocycles. The van der Waals surface area contributed by atoms with E-state index in [-0.39, 0.29) is 0 Å². The number of benzene rings is 2. The predicted molar refractivity (Wildman–Crippen MR) is 70.0 cm³/mol. The quantitative estimate of drug-likeness (QED) is 0.695. The van der Waals surface area contributed by atoms with Crippen LogP contribution in [-0.4, -0.2) is 0 Å². The van der Waals surface area contributed by atoms with Crippen molar-refractivity contribution in [3.05, 3.63) is 46.5 Å². The van der Waals surface area contributed by atoms with Crippen molar-refractivity contribution in [3.63, 3.8) is 0 Å². The van der Waals surface area contributed by atoms with E-state index >= 15 is 0 Å². The van der Waals surface area contributed by atoms with Gasteiger partial charge in [0, 0.05) is 22.3 Å². The molecule has 2 aromatic rings. The van der Waals surface area contributed by atoms with Crippen molar-refractivity contribution >= 4 is 0 Å². The van der Waals surface area contributed by atoms with Gasteiger partial charge in [-0.3, -0.25) is 0 Å². The van der Waals surface area contributed by atoms with Crippen LogP contribution in [0.5, 0.6) is 11.5 Å². The lowest BCUT2D eigenvalue weighted by Crippen LogP contribution is -2.14. The summed E-state index contributed by atoms with van der Waals surface area (Å²) in [6.45, 7) is 5.48. The highest BCUT2D eigenvalue weighted by molar-refractivity contribution is 5.84. The van der Waals surface area contributed by atoms with Crippen LogP contribution in [0.15, 0.2) is 24.3 Å². The molecule has 0 bridgehead atoms. The third-order valence-corrected chi connectivity index (χ3v) is 3.67. The first-order valence-corrected chi connectivity index (χ1v) is 6.25. The van der Waals surface area contributed by atoms with Crippen molar-refractivity contribution in [1.82, 2.24) is 0 Å². The summed E-state index contributed by atoms with van der Waals surface area (Å²) in [6.07, 6.45) is 0. The van der Waals surface area contributed by atoms with E-state index in [4.69, 9.17) is 9.47 Å². The number of rotatable bonds is 0. The molecule has 0 atom stereocenters. The van der Waals surface area contributed by atoms with Gasteiger partial charge in [0.25, 0.3) is 0 Å². The third-order valence-electron chi connectivity index (χ3n) is 3.67. The Hall–Kier alpha value is -1.96. The first kappa shape index (κ1) is 10.0. The van der Waals surface area contributed by atoms with E-state index in [0.29, 0.717) is 13.2 Å². The van der Waals surface area contributed by atoms with Gasteiger partial charge in [-0.2, -0.15) is 0 Å². The molecule has 2 nitrogen and oxygen atoms in total. The van der Waals surface area contributed by atoms with Gasteiger partial charge in [-0.25, -0.2) is 0 Å². The molecular weight excluding hydrogens is 224 g/mol. The zero-order valence-electron chi connectivity index (χ0n) is 10.5. The van der Waals surface area contributed by atoms with Crippen LogP contribution in [0, 0.1) is 13.8 Å². The van der Waals surface area contributed by atoms with E-state index in [1.807, 2.05) is 0 Å². The number of hydrogen-bond donors (Lipinski definition) is 0. The summed E-state index contributed by atoms with van der Waals surface area (Å²) in [4.78, 5) is 0. The standard InChI is InChI=1S/C16H14O2/c1-9-3-11-7-18-14-6-10(2)4-12-8-17-13(5-9)15(11)16(12)14/h3-6H,7-8H2,1-2H3. The average molecular weight is 238 g/mol. The van der Waals surface area contributed by atoms with Crippen LogP contribution in [0.1, 0.15) is 22.3 Å². The summed E-state index contributed by atoms with van der Waals surface area (Å²) in [7, 11) is 0. The summed E-state index contributed by atoms with van der Waals surface area (Å²) in [5, 5.41) is 0. The molecule has 0 N–H and O–H groups in total. The van der Waals surface area contributed by atoms with Gasteiger partial charge >= 0.3 is 0 Å². The summed E-state index contributed by atoms with van der Waals surface area (Å²) in [6, 6.07) is 8.63. The molecule has 2 heterocycles. The maximum absolute atomic E-state index is 5.90. The SMILES string of the molecule is Cc1cc2c3c(c1)OCc1cc(C)cc(c1-3)OC2. The minimum Gasteiger partial charge on any atom is -0.488 e. The summed E-state index contributed by atoms with van der Waals surface area (Å²) in [5.41, 5.74) is 7.41. The van der Waals surface area contributed by atoms with Crippen LogP contribution in [0.3, 0.4) is 0 Å². The smallest absolute Gasteiger partial charge is 0.128 e. The van der Waals surface area contributed by atoms with Gasteiger partial charge in [0.15, 0.2) is 0 Å². The maximum atomic E-state index is 5.90. The number of aryl methyl sites for hydroxylation is 2. The van der Waals surface area contributed by atoms with E-state index in [2.05, 4.69) is 38.1 Å². The molecule has 90 valence electrons. The Morgan fingerprint density at radius 2 is 1.17 bits per heavy atom. The molecule has 0 fully saturated rings. The largest absolute Gasteiger partial charge is 0.488 e. The second-order valence-electron chi connectivity index (χ2n) is 5.17. The molecular formula is C16H14O2. The second kappa shape index (κ2) is 3.29. The minimum absolute atomic E-state index is 0.642. The van der Waals surface area contributed by atoms with Crippen molar-refractivity contribution in [1.29, 1.82) is 0 Å². The zero-order valence-corrected chi connectivity index (χ0v) is 10.5. The van der Waals surface area contributed by atoms with Crippen LogP contribution in [0.2, 0.25) is 0 Å². The lowest BCUT2D eigenvalue weighted by Gasteiger charge is -2.30. The number of hydrogen-bond acceptors (Lipinski definition) is 2. The van der Waals surface area contributed by atoms with E-state index in [9.17, 15) is 0 Å². The molecule has 0 spiro atoms. The molecule has 0 saturated heterocycles. The van der Waals surface area contributed by atoms with Gasteiger partial charge in [0.2, 0.25) is 0 Å². The van der Waals surface area contributed by atoms with Crippen molar-refractivity contribution in [2.75, 3.05) is 0 Å². The zero-order chi connectivity index (χ0) is 12.3. The van der Waals surface area contributed by atoms with Gasteiger partial charge in [-0.1, -0.05) is 12.1 Å². The fourth-order valence-electron chi connectivity index (χ4n) is 2.99. The average Bonchev–Trinajstić information content (AvgIpc) is 2.34. The lowest BCUT2D eigenvalue weighted by molar-refractivity contribution is 0.277. The van der Waals surface area contributed by atoms with Gasteiger partial charge in [-0.05, 0) is 37.1 Å². The molecule has 18 heavy (non-hydrogen) atoms. The van der Waals surface area contributed by atoms with Crippen molar-refractivity contribution < 1.29 is 9.47 Å². The normalized spacial score (nSPS) is 14.6. The Morgan fingerprint density at radius 3 is 1.61 bits per heavy atom. The van der Waals surface area contributed by atoms with Crippen LogP contribution in [0.4, 0.5) is 0 Å². The Bertz CT molecular complexity index is 561. The first-order valence-electron chi connectivity index (χ1n) is 6.25. The van der Waals surface area contributed by atoms with E-state index < -0.39 is 0 Å². The molecule has 0 saturated carbocycles. The molecule has 0 aliphatic carbocycles. The van der Waals surface area contributed by atoms with Crippen LogP contribution >= 0.6 is 0 Å². The first-order chi connectivity index (χ1) is 8.72. The van der Waals surface area contributed by atoms with Crippen LogP contribution in [0.25, 0.3) is 11.1 Å². The van der Waals surface area contributed by atoms with Crippen LogP contribution < -0.4 is 9.47 Å². The van der Waals surface area contributed by atoms with Gasteiger partial charge < -0.3 is 9.47 Å². The highest BCUT2D eigenvalue weighted by Crippen LogP contribution is 2.48. The molecule has 0 amide bonds. The van der Waals surface area contributed by atoms with E-state index in [1.54, 1.807) is 0 Å². The Balaban J connectivity index is 2.10. The molecule has 4 rings (SSSR count). The number of ether oxygens (including phenoxy) is 2. The molecule has 0 unspecified atom stereocenters. The minimum atomic E-state index is 0.642. The van der Waals surface area contributed by atoms with Gasteiger partial charge in [0.05, 0.1) is 0 Å². The highest BCUT2D eigenvalue weighted by Gasteiger charge is 2.28. The second-order valence-corrected chi connectivity index (χ2v) is 5.17. The summed E-state index contributed by atoms with van der Waals surface area (Å²) >= 11 is 0. The molecule has 2 aromatic carbocycles. The molecule has 0 radical (unpaired) electrons. The Labute approximate surface area is 106 Å². The monoisotopic (exact) mass is 238 g/mol. The molecule has 2 aliphatic rings. The lowest BCUT2D eigenvalue weighted by atomic mass is 9.88. The maximum Gasteiger partial charge on any atom is 0.128 e. The molecule has 2 heteroatoms. The fraction of sp³-hybridized carbons (Fsp3) is 0.250.